The Balaban J connectivity index is 2.40. The van der Waals surface area contributed by atoms with E-state index in [1.165, 1.54) is 12.1 Å². The van der Waals surface area contributed by atoms with E-state index in [0.29, 0.717) is 6.54 Å². The van der Waals surface area contributed by atoms with Crippen LogP contribution in [0, 0.1) is 0 Å². The minimum absolute atomic E-state index is 0.0942. The molecule has 0 saturated heterocycles. The van der Waals surface area contributed by atoms with Crippen LogP contribution in [0.5, 0.6) is 0 Å². The predicted molar refractivity (Wildman–Crippen MR) is 61.3 cm³/mol. The Morgan fingerprint density at radius 2 is 1.89 bits per heavy atom. The van der Waals surface area contributed by atoms with E-state index in [-0.39, 0.29) is 30.4 Å². The second-order valence-corrected chi connectivity index (χ2v) is 3.43. The molecule has 0 aliphatic carbocycles. The third-order valence-electron chi connectivity index (χ3n) is 2.05. The van der Waals surface area contributed by atoms with Crippen molar-refractivity contribution < 1.29 is 23.9 Å². The van der Waals surface area contributed by atoms with Crippen LogP contribution >= 0.6 is 0 Å². The minimum atomic E-state index is -1.24. The highest BCUT2D eigenvalue weighted by molar-refractivity contribution is 5.93. The molecule has 0 unspecified atom stereocenters. The summed E-state index contributed by atoms with van der Waals surface area (Å²) in [6.45, 7) is 2.49. The smallest absolute Gasteiger partial charge is 0.371 e. The Bertz CT molecular complexity index is 452. The maximum Gasteiger partial charge on any atom is 0.371 e. The second kappa shape index (κ2) is 6.43. The van der Waals surface area contributed by atoms with Gasteiger partial charge in [0.15, 0.2) is 5.76 Å². The lowest BCUT2D eigenvalue weighted by molar-refractivity contribution is -0.120. The summed E-state index contributed by atoms with van der Waals surface area (Å²) in [5, 5.41) is 13.7. The molecule has 1 aromatic heterocycles. The van der Waals surface area contributed by atoms with E-state index < -0.39 is 11.9 Å². The highest BCUT2D eigenvalue weighted by Gasteiger charge is 2.14. The number of nitrogens with one attached hydrogen (secondary N) is 2. The molecule has 0 radical (unpaired) electrons. The lowest BCUT2D eigenvalue weighted by Gasteiger charge is -2.03. The number of furan rings is 1. The molecule has 0 aromatic carbocycles. The van der Waals surface area contributed by atoms with Crippen molar-refractivity contribution in [2.24, 2.45) is 0 Å². The number of rotatable bonds is 6. The average molecular weight is 254 g/mol. The van der Waals surface area contributed by atoms with Crippen LogP contribution in [-0.2, 0) is 4.79 Å². The van der Waals surface area contributed by atoms with Crippen LogP contribution in [-0.4, -0.2) is 36.0 Å². The monoisotopic (exact) mass is 254 g/mol. The number of carbonyl (C=O) groups excluding carboxylic acids is 2. The van der Waals surface area contributed by atoms with Crippen LogP contribution < -0.4 is 10.6 Å². The summed E-state index contributed by atoms with van der Waals surface area (Å²) in [4.78, 5) is 33.1. The molecule has 1 aromatic rings. The Kier molecular flexibility index (Phi) is 4.91. The lowest BCUT2D eigenvalue weighted by Crippen LogP contribution is -2.30. The zero-order chi connectivity index (χ0) is 13.5. The van der Waals surface area contributed by atoms with Crippen LogP contribution in [0.2, 0.25) is 0 Å². The molecule has 0 saturated carbocycles. The lowest BCUT2D eigenvalue weighted by atomic mass is 10.3. The molecule has 7 nitrogen and oxygen atoms in total. The van der Waals surface area contributed by atoms with Crippen LogP contribution in [0.1, 0.15) is 34.5 Å². The molecule has 3 N–H and O–H groups in total. The number of carboxylic acid groups (broad SMARTS) is 1. The molecule has 0 atom stereocenters. The van der Waals surface area contributed by atoms with Crippen LogP contribution in [0.15, 0.2) is 16.5 Å². The van der Waals surface area contributed by atoms with Gasteiger partial charge in [-0.15, -0.1) is 0 Å². The number of carbonyl (C=O) groups is 3. The van der Waals surface area contributed by atoms with Crippen LogP contribution in [0.25, 0.3) is 0 Å². The summed E-state index contributed by atoms with van der Waals surface area (Å²) < 4.78 is 4.80. The van der Waals surface area contributed by atoms with E-state index in [0.717, 1.165) is 0 Å². The summed E-state index contributed by atoms with van der Waals surface area (Å²) in [6, 6.07) is 2.46. The van der Waals surface area contributed by atoms with Crippen molar-refractivity contribution in [3.05, 3.63) is 23.7 Å². The molecule has 7 heteroatoms. The van der Waals surface area contributed by atoms with E-state index in [2.05, 4.69) is 10.6 Å². The highest BCUT2D eigenvalue weighted by atomic mass is 16.4. The maximum absolute atomic E-state index is 11.5. The van der Waals surface area contributed by atoms with E-state index in [4.69, 9.17) is 9.52 Å². The largest absolute Gasteiger partial charge is 0.475 e. The maximum atomic E-state index is 11.5. The fourth-order valence-corrected chi connectivity index (χ4v) is 1.24. The topological polar surface area (TPSA) is 109 Å². The van der Waals surface area contributed by atoms with Gasteiger partial charge in [0, 0.05) is 19.5 Å². The number of aromatic carboxylic acids is 1. The molecule has 18 heavy (non-hydrogen) atoms. The molecule has 0 bridgehead atoms. The zero-order valence-corrected chi connectivity index (χ0v) is 9.86. The Labute approximate surface area is 103 Å². The van der Waals surface area contributed by atoms with Crippen LogP contribution in [0.4, 0.5) is 0 Å². The fraction of sp³-hybridized carbons (Fsp3) is 0.364. The Morgan fingerprint density at radius 1 is 1.22 bits per heavy atom. The normalized spacial score (nSPS) is 9.83. The molecular formula is C11H14N2O5. The van der Waals surface area contributed by atoms with Gasteiger partial charge < -0.3 is 20.2 Å². The Morgan fingerprint density at radius 3 is 2.44 bits per heavy atom. The van der Waals surface area contributed by atoms with E-state index in [1.54, 1.807) is 6.92 Å². The van der Waals surface area contributed by atoms with Crippen molar-refractivity contribution >= 4 is 17.8 Å². The first-order valence-electron chi connectivity index (χ1n) is 5.42. The van der Waals surface area contributed by atoms with Gasteiger partial charge in [-0.05, 0) is 19.1 Å². The number of carboxylic acids is 1. The first kappa shape index (κ1) is 13.8. The first-order valence-corrected chi connectivity index (χ1v) is 5.42. The van der Waals surface area contributed by atoms with Gasteiger partial charge in [-0.25, -0.2) is 4.79 Å². The van der Waals surface area contributed by atoms with Crippen molar-refractivity contribution in [1.29, 1.82) is 0 Å². The van der Waals surface area contributed by atoms with E-state index in [9.17, 15) is 14.4 Å². The molecular weight excluding hydrogens is 240 g/mol. The second-order valence-electron chi connectivity index (χ2n) is 3.43. The average Bonchev–Trinajstić information content (AvgIpc) is 2.78. The van der Waals surface area contributed by atoms with Gasteiger partial charge in [0.2, 0.25) is 11.7 Å². The number of hydrogen-bond acceptors (Lipinski definition) is 4. The van der Waals surface area contributed by atoms with Crippen LogP contribution in [0.3, 0.4) is 0 Å². The number of amides is 2. The van der Waals surface area contributed by atoms with Gasteiger partial charge in [0.05, 0.1) is 0 Å². The fourth-order valence-electron chi connectivity index (χ4n) is 1.24. The predicted octanol–water partition coefficient (Wildman–Crippen LogP) is 0.234. The number of hydrogen-bond donors (Lipinski definition) is 3. The van der Waals surface area contributed by atoms with Crippen molar-refractivity contribution in [2.45, 2.75) is 13.3 Å². The van der Waals surface area contributed by atoms with E-state index in [1.807, 2.05) is 0 Å². The summed E-state index contributed by atoms with van der Waals surface area (Å²) in [5.41, 5.74) is 0. The standard InChI is InChI=1S/C11H14N2O5/c1-2-12-9(14)5-6-13-10(15)7-3-4-8(18-7)11(16)17/h3-4H,2,5-6H2,1H3,(H,12,14)(H,13,15)(H,16,17). The molecule has 1 heterocycles. The summed E-state index contributed by atoms with van der Waals surface area (Å²) in [7, 11) is 0. The molecule has 98 valence electrons. The molecule has 2 amide bonds. The summed E-state index contributed by atoms with van der Waals surface area (Å²) in [6.07, 6.45) is 0.159. The molecule has 0 aliphatic rings. The van der Waals surface area contributed by atoms with E-state index >= 15 is 0 Å². The zero-order valence-electron chi connectivity index (χ0n) is 9.86. The highest BCUT2D eigenvalue weighted by Crippen LogP contribution is 2.07. The third-order valence-corrected chi connectivity index (χ3v) is 2.05. The molecule has 0 aliphatic heterocycles. The quantitative estimate of drug-likeness (QED) is 0.673. The van der Waals surface area contributed by atoms with Gasteiger partial charge in [-0.3, -0.25) is 9.59 Å². The SMILES string of the molecule is CCNC(=O)CCNC(=O)c1ccc(C(=O)O)o1. The van der Waals surface area contributed by atoms with Gasteiger partial charge in [-0.2, -0.15) is 0 Å². The van der Waals surface area contributed by atoms with Gasteiger partial charge in [0.1, 0.15) is 0 Å². The molecule has 1 rings (SSSR count). The first-order chi connectivity index (χ1) is 8.54. The summed E-state index contributed by atoms with van der Waals surface area (Å²) >= 11 is 0. The van der Waals surface area contributed by atoms with Gasteiger partial charge in [-0.1, -0.05) is 0 Å². The minimum Gasteiger partial charge on any atom is -0.475 e. The molecule has 0 spiro atoms. The third kappa shape index (κ3) is 3.93. The van der Waals surface area contributed by atoms with Crippen molar-refractivity contribution in [2.75, 3.05) is 13.1 Å². The Hall–Kier alpha value is -2.31. The van der Waals surface area contributed by atoms with Crippen molar-refractivity contribution in [3.63, 3.8) is 0 Å². The van der Waals surface area contributed by atoms with Crippen molar-refractivity contribution in [1.82, 2.24) is 10.6 Å². The summed E-state index contributed by atoms with van der Waals surface area (Å²) in [5.74, 6) is -2.35. The van der Waals surface area contributed by atoms with Gasteiger partial charge in [0.25, 0.3) is 5.91 Å². The van der Waals surface area contributed by atoms with Gasteiger partial charge >= 0.3 is 5.97 Å². The molecule has 0 fully saturated rings. The van der Waals surface area contributed by atoms with Crippen molar-refractivity contribution in [3.8, 4) is 0 Å².